The van der Waals surface area contributed by atoms with Crippen molar-refractivity contribution in [2.45, 2.75) is 30.7 Å². The van der Waals surface area contributed by atoms with Crippen molar-refractivity contribution in [1.82, 2.24) is 0 Å². The Morgan fingerprint density at radius 2 is 1.75 bits per heavy atom. The van der Waals surface area contributed by atoms with Crippen LogP contribution < -0.4 is 5.73 Å². The second-order valence-electron chi connectivity index (χ2n) is 3.35. The van der Waals surface area contributed by atoms with E-state index in [9.17, 15) is 19.9 Å². The van der Waals surface area contributed by atoms with Gasteiger partial charge in [0.05, 0.1) is 0 Å². The lowest BCUT2D eigenvalue weighted by molar-refractivity contribution is -0.273. The molecule has 0 spiro atoms. The van der Waals surface area contributed by atoms with Crippen LogP contribution in [-0.4, -0.2) is 62.4 Å². The first kappa shape index (κ1) is 14.0. The van der Waals surface area contributed by atoms with Crippen LogP contribution in [0.15, 0.2) is 0 Å². The number of nitrogens with two attached hydrogens (primary N) is 1. The number of aliphatic hydroxyl groups excluding tert-OH is 3. The zero-order valence-electron chi connectivity index (χ0n) is 8.08. The molecule has 1 aliphatic heterocycles. The van der Waals surface area contributed by atoms with Crippen LogP contribution >= 0.6 is 7.82 Å². The molecule has 5 atom stereocenters. The van der Waals surface area contributed by atoms with Crippen molar-refractivity contribution in [2.75, 3.05) is 6.54 Å². The first-order valence-corrected chi connectivity index (χ1v) is 5.93. The Morgan fingerprint density at radius 1 is 1.19 bits per heavy atom. The SMILES string of the molecule is NC[C@H]1O[C@H](OP(=O)(O)O)[C@H](O)[C@@H](O)[C@@H]1O. The normalized spacial score (nSPS) is 41.0. The lowest BCUT2D eigenvalue weighted by atomic mass is 9.99. The summed E-state index contributed by atoms with van der Waals surface area (Å²) >= 11 is 0. The molecule has 0 aliphatic carbocycles. The molecule has 1 aliphatic rings. The fraction of sp³-hybridized carbons (Fsp3) is 1.00. The largest absolute Gasteiger partial charge is 0.472 e. The Bertz CT molecular complexity index is 280. The number of ether oxygens (including phenoxy) is 1. The highest BCUT2D eigenvalue weighted by Crippen LogP contribution is 2.40. The fourth-order valence-corrected chi connectivity index (χ4v) is 1.78. The number of hydrogen-bond acceptors (Lipinski definition) is 7. The standard InChI is InChI=1S/C6H14NO8P/c7-1-2-3(8)4(9)5(10)6(14-2)15-16(11,12)13/h2-6,8-10H,1,7H2,(H2,11,12,13)/t2-,3-,4+,5-,6-/m1/s1. The third kappa shape index (κ3) is 3.20. The molecule has 1 heterocycles. The molecule has 0 radical (unpaired) electrons. The van der Waals surface area contributed by atoms with Crippen LogP contribution in [0, 0.1) is 0 Å². The van der Waals surface area contributed by atoms with Crippen LogP contribution in [-0.2, 0) is 13.8 Å². The zero-order valence-corrected chi connectivity index (χ0v) is 8.97. The minimum Gasteiger partial charge on any atom is -0.388 e. The van der Waals surface area contributed by atoms with Crippen LogP contribution in [0.5, 0.6) is 0 Å². The van der Waals surface area contributed by atoms with E-state index in [1.54, 1.807) is 0 Å². The van der Waals surface area contributed by atoms with Gasteiger partial charge in [0.1, 0.15) is 24.4 Å². The summed E-state index contributed by atoms with van der Waals surface area (Å²) in [5, 5.41) is 28.0. The molecule has 1 fully saturated rings. The molecule has 16 heavy (non-hydrogen) atoms. The van der Waals surface area contributed by atoms with Gasteiger partial charge < -0.3 is 35.6 Å². The predicted octanol–water partition coefficient (Wildman–Crippen LogP) is -3.14. The van der Waals surface area contributed by atoms with Crippen LogP contribution in [0.1, 0.15) is 0 Å². The van der Waals surface area contributed by atoms with Crippen LogP contribution in [0.2, 0.25) is 0 Å². The maximum absolute atomic E-state index is 10.5. The highest BCUT2D eigenvalue weighted by molar-refractivity contribution is 7.46. The molecule has 0 aromatic carbocycles. The summed E-state index contributed by atoms with van der Waals surface area (Å²) in [6, 6.07) is 0. The van der Waals surface area contributed by atoms with E-state index < -0.39 is 38.5 Å². The van der Waals surface area contributed by atoms with E-state index in [1.807, 2.05) is 0 Å². The minimum absolute atomic E-state index is 0.202. The lowest BCUT2D eigenvalue weighted by Crippen LogP contribution is -2.59. The van der Waals surface area contributed by atoms with E-state index in [4.69, 9.17) is 20.3 Å². The van der Waals surface area contributed by atoms with E-state index in [0.29, 0.717) is 0 Å². The van der Waals surface area contributed by atoms with Gasteiger partial charge in [-0.05, 0) is 0 Å². The van der Waals surface area contributed by atoms with Gasteiger partial charge in [-0.25, -0.2) is 4.57 Å². The Kier molecular flexibility index (Phi) is 4.41. The molecule has 0 saturated carbocycles. The molecule has 96 valence electrons. The molecule has 1 saturated heterocycles. The molecule has 7 N–H and O–H groups in total. The van der Waals surface area contributed by atoms with Crippen LogP contribution in [0.4, 0.5) is 0 Å². The van der Waals surface area contributed by atoms with Gasteiger partial charge in [0.25, 0.3) is 0 Å². The average molecular weight is 259 g/mol. The molecule has 0 aromatic heterocycles. The van der Waals surface area contributed by atoms with Crippen molar-refractivity contribution in [3.8, 4) is 0 Å². The zero-order chi connectivity index (χ0) is 12.5. The van der Waals surface area contributed by atoms with E-state index in [1.165, 1.54) is 0 Å². The Balaban J connectivity index is 2.75. The molecule has 0 aromatic rings. The van der Waals surface area contributed by atoms with Crippen molar-refractivity contribution in [2.24, 2.45) is 5.73 Å². The van der Waals surface area contributed by atoms with Gasteiger partial charge in [-0.15, -0.1) is 0 Å². The third-order valence-corrected chi connectivity index (χ3v) is 2.62. The van der Waals surface area contributed by atoms with Crippen molar-refractivity contribution in [3.63, 3.8) is 0 Å². The van der Waals surface area contributed by atoms with Gasteiger partial charge in [-0.3, -0.25) is 4.52 Å². The minimum atomic E-state index is -4.87. The van der Waals surface area contributed by atoms with E-state index in [2.05, 4.69) is 4.52 Å². The van der Waals surface area contributed by atoms with Gasteiger partial charge in [-0.2, -0.15) is 0 Å². The third-order valence-electron chi connectivity index (χ3n) is 2.14. The Hall–Kier alpha value is -0.0900. The summed E-state index contributed by atoms with van der Waals surface area (Å²) in [5.74, 6) is 0. The first-order valence-electron chi connectivity index (χ1n) is 4.40. The maximum Gasteiger partial charge on any atom is 0.472 e. The maximum atomic E-state index is 10.5. The number of rotatable bonds is 3. The lowest BCUT2D eigenvalue weighted by Gasteiger charge is -2.39. The van der Waals surface area contributed by atoms with E-state index in [0.717, 1.165) is 0 Å². The first-order chi connectivity index (χ1) is 7.26. The summed E-state index contributed by atoms with van der Waals surface area (Å²) in [6.07, 6.45) is -7.69. The van der Waals surface area contributed by atoms with Crippen molar-refractivity contribution in [3.05, 3.63) is 0 Å². The summed E-state index contributed by atoms with van der Waals surface area (Å²) < 4.78 is 19.5. The summed E-state index contributed by atoms with van der Waals surface area (Å²) in [6.45, 7) is -0.202. The van der Waals surface area contributed by atoms with E-state index >= 15 is 0 Å². The average Bonchev–Trinajstić information content (AvgIpc) is 2.17. The van der Waals surface area contributed by atoms with Crippen molar-refractivity contribution < 1.29 is 38.9 Å². The number of phosphoric ester groups is 1. The topological polar surface area (TPSA) is 163 Å². The monoisotopic (exact) mass is 259 g/mol. The van der Waals surface area contributed by atoms with Crippen molar-refractivity contribution >= 4 is 7.82 Å². The van der Waals surface area contributed by atoms with Crippen molar-refractivity contribution in [1.29, 1.82) is 0 Å². The Morgan fingerprint density at radius 3 is 2.19 bits per heavy atom. The van der Waals surface area contributed by atoms with Gasteiger partial charge in [-0.1, -0.05) is 0 Å². The molecule has 0 amide bonds. The predicted molar refractivity (Wildman–Crippen MR) is 48.9 cm³/mol. The molecular weight excluding hydrogens is 245 g/mol. The number of hydrogen-bond donors (Lipinski definition) is 6. The summed E-state index contributed by atoms with van der Waals surface area (Å²) in [4.78, 5) is 17.0. The van der Waals surface area contributed by atoms with Crippen LogP contribution in [0.25, 0.3) is 0 Å². The van der Waals surface area contributed by atoms with Gasteiger partial charge in [0, 0.05) is 6.54 Å². The highest BCUT2D eigenvalue weighted by atomic mass is 31.2. The molecule has 0 bridgehead atoms. The number of aliphatic hydroxyl groups is 3. The quantitative estimate of drug-likeness (QED) is 0.287. The van der Waals surface area contributed by atoms with Gasteiger partial charge in [0.15, 0.2) is 6.29 Å². The summed E-state index contributed by atoms with van der Waals surface area (Å²) in [5.41, 5.74) is 5.20. The molecule has 1 rings (SSSR count). The molecule has 9 nitrogen and oxygen atoms in total. The molecule has 0 unspecified atom stereocenters. The van der Waals surface area contributed by atoms with Gasteiger partial charge in [0.2, 0.25) is 0 Å². The fourth-order valence-electron chi connectivity index (χ4n) is 1.33. The molecular formula is C6H14NO8P. The Labute approximate surface area is 90.6 Å². The highest BCUT2D eigenvalue weighted by Gasteiger charge is 2.45. The van der Waals surface area contributed by atoms with Crippen LogP contribution in [0.3, 0.4) is 0 Å². The molecule has 10 heteroatoms. The smallest absolute Gasteiger partial charge is 0.388 e. The second-order valence-corrected chi connectivity index (χ2v) is 4.54. The second kappa shape index (κ2) is 5.05. The summed E-state index contributed by atoms with van der Waals surface area (Å²) in [7, 11) is -4.87. The number of phosphoric acid groups is 1. The van der Waals surface area contributed by atoms with Gasteiger partial charge >= 0.3 is 7.82 Å². The van der Waals surface area contributed by atoms with E-state index in [-0.39, 0.29) is 6.54 Å².